The normalized spacial score (nSPS) is 24.8. The molecular formula is C44H47N3O15S. The van der Waals surface area contributed by atoms with E-state index < -0.39 is 89.5 Å². The molecule has 18 nitrogen and oxygen atoms in total. The molecule has 2 aliphatic rings. The molecule has 19 heteroatoms. The first-order valence-electron chi connectivity index (χ1n) is 20.0. The van der Waals surface area contributed by atoms with Crippen molar-refractivity contribution < 1.29 is 60.8 Å². The fourth-order valence-electron chi connectivity index (χ4n) is 6.98. The Morgan fingerprint density at radius 3 is 1.68 bits per heavy atom. The zero-order valence-electron chi connectivity index (χ0n) is 33.7. The van der Waals surface area contributed by atoms with Gasteiger partial charge >= 0.3 is 22.1 Å². The van der Waals surface area contributed by atoms with Crippen molar-refractivity contribution in [1.29, 1.82) is 0 Å². The number of hydrogen-bond donors (Lipinski definition) is 4. The number of H-pyrrole nitrogens is 1. The second-order valence-corrected chi connectivity index (χ2v) is 16.0. The van der Waals surface area contributed by atoms with Crippen molar-refractivity contribution in [3.8, 4) is 0 Å². The monoisotopic (exact) mass is 889 g/mol. The van der Waals surface area contributed by atoms with Crippen molar-refractivity contribution in [3.63, 3.8) is 0 Å². The summed E-state index contributed by atoms with van der Waals surface area (Å²) in [7, 11) is -4.99. The van der Waals surface area contributed by atoms with E-state index in [1.54, 1.807) is 4.72 Å². The predicted octanol–water partition coefficient (Wildman–Crippen LogP) is 2.84. The molecule has 2 fully saturated rings. The number of rotatable bonds is 19. The summed E-state index contributed by atoms with van der Waals surface area (Å²) in [5.41, 5.74) is 1.68. The summed E-state index contributed by atoms with van der Waals surface area (Å²) in [4.78, 5) is 39.3. The molecule has 2 aliphatic heterocycles. The Balaban J connectivity index is 1.11. The molecule has 3 heterocycles. The van der Waals surface area contributed by atoms with Crippen molar-refractivity contribution in [1.82, 2.24) is 14.3 Å². The number of carbonyl (C=O) groups excluding carboxylic acids is 1. The quantitative estimate of drug-likeness (QED) is 0.0934. The van der Waals surface area contributed by atoms with Gasteiger partial charge in [-0.1, -0.05) is 121 Å². The van der Waals surface area contributed by atoms with Crippen LogP contribution in [0.1, 0.15) is 28.5 Å². The number of aliphatic hydroxyl groups is 2. The fraction of sp³-hybridized carbons (Fsp3) is 0.341. The van der Waals surface area contributed by atoms with Gasteiger partial charge in [0.05, 0.1) is 39.6 Å². The van der Waals surface area contributed by atoms with E-state index >= 15 is 0 Å². The van der Waals surface area contributed by atoms with E-state index in [4.69, 9.17) is 37.3 Å². The van der Waals surface area contributed by atoms with E-state index in [9.17, 15) is 33.0 Å². The number of carbonyl (C=O) groups is 1. The van der Waals surface area contributed by atoms with Crippen LogP contribution in [0.5, 0.6) is 0 Å². The Morgan fingerprint density at radius 2 is 1.14 bits per heavy atom. The predicted molar refractivity (Wildman–Crippen MR) is 222 cm³/mol. The molecule has 2 saturated heterocycles. The maximum absolute atomic E-state index is 13.5. The van der Waals surface area contributed by atoms with Crippen LogP contribution in [0.25, 0.3) is 0 Å². The summed E-state index contributed by atoms with van der Waals surface area (Å²) in [5.74, 6) is 0. The number of hydrogen-bond acceptors (Lipinski definition) is 15. The topological polar surface area (TPSA) is 232 Å². The molecule has 63 heavy (non-hydrogen) atoms. The summed E-state index contributed by atoms with van der Waals surface area (Å²) >= 11 is 0. The Labute approximate surface area is 362 Å². The number of amides is 1. The van der Waals surface area contributed by atoms with Gasteiger partial charge in [0.2, 0.25) is 6.29 Å². The van der Waals surface area contributed by atoms with E-state index in [-0.39, 0.29) is 33.0 Å². The SMILES string of the molecule is O=C(NS(=O)(=O)OC[C@H]1O[C@@H](n2ccc(=O)[nH]c2=O)[C@H](O)[C@@H]1O)O[C@H]1O[C@H](COCc2ccccc2)[C@@H](OCc2ccccc2)[C@H](OCc2ccccc2)[C@H]1OCc1ccccc1. The van der Waals surface area contributed by atoms with Crippen LogP contribution in [-0.2, 0) is 74.1 Å². The van der Waals surface area contributed by atoms with Crippen molar-refractivity contribution in [3.05, 3.63) is 177 Å². The molecule has 1 aromatic heterocycles. The minimum absolute atomic E-state index is 0.00524. The molecule has 4 aromatic carbocycles. The molecule has 9 atom stereocenters. The second-order valence-electron chi connectivity index (χ2n) is 14.6. The lowest BCUT2D eigenvalue weighted by molar-refractivity contribution is -0.315. The Kier molecular flexibility index (Phi) is 15.6. The minimum atomic E-state index is -4.99. The molecule has 0 radical (unpaired) electrons. The highest BCUT2D eigenvalue weighted by molar-refractivity contribution is 7.85. The van der Waals surface area contributed by atoms with Gasteiger partial charge in [0.15, 0.2) is 6.23 Å². The van der Waals surface area contributed by atoms with Gasteiger partial charge in [-0.2, -0.15) is 13.1 Å². The molecule has 0 saturated carbocycles. The number of nitrogens with zero attached hydrogens (tertiary/aromatic N) is 1. The number of ether oxygens (including phenoxy) is 7. The molecule has 0 spiro atoms. The Hall–Kier alpha value is -5.58. The second kappa shape index (κ2) is 21.7. The van der Waals surface area contributed by atoms with Gasteiger partial charge in [-0.05, 0) is 22.3 Å². The van der Waals surface area contributed by atoms with Gasteiger partial charge in [-0.15, -0.1) is 0 Å². The molecule has 1 amide bonds. The van der Waals surface area contributed by atoms with Crippen LogP contribution in [0.15, 0.2) is 143 Å². The molecular weight excluding hydrogens is 843 g/mol. The summed E-state index contributed by atoms with van der Waals surface area (Å²) in [5, 5.41) is 21.2. The van der Waals surface area contributed by atoms with Gasteiger partial charge in [0, 0.05) is 12.3 Å². The van der Waals surface area contributed by atoms with Crippen molar-refractivity contribution in [2.45, 2.75) is 81.7 Å². The highest BCUT2D eigenvalue weighted by atomic mass is 32.2. The van der Waals surface area contributed by atoms with Crippen LogP contribution in [-0.4, -0.2) is 96.5 Å². The molecule has 0 bridgehead atoms. The van der Waals surface area contributed by atoms with Crippen LogP contribution in [0.2, 0.25) is 0 Å². The Morgan fingerprint density at radius 1 is 0.635 bits per heavy atom. The standard InChI is InChI=1S/C44H47N3O15S/c48-35-21-22-47(43(51)45-35)41-37(50)36(49)33(60-41)28-59-63(53,54)46-44(52)62-42-40(58-26-32-19-11-4-12-20-32)39(57-25-31-17-9-3-10-18-31)38(56-24-30-15-7-2-8-16-30)34(61-42)27-55-23-29-13-5-1-6-14-29/h1-22,33-34,36-42,49-50H,23-28H2,(H,46,52)(H,45,48,51)/t33-,34-,36-,37-,38-,39+,40-,41-,42-/m1/s1. The summed E-state index contributed by atoms with van der Waals surface area (Å²) < 4.78 is 77.1. The number of aliphatic hydroxyl groups excluding tert-OH is 2. The van der Waals surface area contributed by atoms with Gasteiger partial charge in [0.25, 0.3) is 5.56 Å². The van der Waals surface area contributed by atoms with E-state index in [0.29, 0.717) is 0 Å². The molecule has 7 rings (SSSR count). The summed E-state index contributed by atoms with van der Waals surface area (Å²) in [6, 6.07) is 38.4. The maximum Gasteiger partial charge on any atom is 0.425 e. The number of aromatic nitrogens is 2. The summed E-state index contributed by atoms with van der Waals surface area (Å²) in [6.07, 6.45) is -12.6. The summed E-state index contributed by atoms with van der Waals surface area (Å²) in [6.45, 7) is -0.547. The first-order valence-corrected chi connectivity index (χ1v) is 21.4. The largest absolute Gasteiger partial charge is 0.425 e. The smallest absolute Gasteiger partial charge is 0.416 e. The van der Waals surface area contributed by atoms with Gasteiger partial charge < -0.3 is 43.4 Å². The highest BCUT2D eigenvalue weighted by Gasteiger charge is 2.51. The van der Waals surface area contributed by atoms with Crippen LogP contribution < -0.4 is 16.0 Å². The van der Waals surface area contributed by atoms with E-state index in [1.807, 2.05) is 126 Å². The third kappa shape index (κ3) is 12.5. The van der Waals surface area contributed by atoms with Gasteiger partial charge in [-0.3, -0.25) is 18.5 Å². The van der Waals surface area contributed by atoms with Gasteiger partial charge in [0.1, 0.15) is 42.7 Å². The lowest BCUT2D eigenvalue weighted by Crippen LogP contribution is -2.62. The van der Waals surface area contributed by atoms with Crippen molar-refractivity contribution in [2.75, 3.05) is 13.2 Å². The van der Waals surface area contributed by atoms with Crippen LogP contribution in [0, 0.1) is 0 Å². The first-order chi connectivity index (χ1) is 30.5. The first kappa shape index (κ1) is 45.4. The zero-order valence-corrected chi connectivity index (χ0v) is 34.5. The van der Waals surface area contributed by atoms with Crippen LogP contribution >= 0.6 is 0 Å². The highest BCUT2D eigenvalue weighted by Crippen LogP contribution is 2.32. The average molecular weight is 890 g/mol. The third-order valence-electron chi connectivity index (χ3n) is 10.1. The number of nitrogens with one attached hydrogen (secondary N) is 2. The molecule has 334 valence electrons. The van der Waals surface area contributed by atoms with E-state index in [2.05, 4.69) is 0 Å². The van der Waals surface area contributed by atoms with Gasteiger partial charge in [-0.25, -0.2) is 9.59 Å². The maximum atomic E-state index is 13.5. The fourth-order valence-corrected chi connectivity index (χ4v) is 7.61. The zero-order chi connectivity index (χ0) is 44.2. The minimum Gasteiger partial charge on any atom is -0.416 e. The van der Waals surface area contributed by atoms with Crippen LogP contribution in [0.4, 0.5) is 4.79 Å². The lowest BCUT2D eigenvalue weighted by Gasteiger charge is -2.45. The third-order valence-corrected chi connectivity index (χ3v) is 11.0. The molecule has 4 N–H and O–H groups in total. The molecule has 0 aliphatic carbocycles. The Bertz CT molecular complexity index is 2430. The van der Waals surface area contributed by atoms with E-state index in [0.717, 1.165) is 39.1 Å². The van der Waals surface area contributed by atoms with Crippen molar-refractivity contribution >= 4 is 16.4 Å². The van der Waals surface area contributed by atoms with Crippen molar-refractivity contribution in [2.24, 2.45) is 0 Å². The average Bonchev–Trinajstić information content (AvgIpc) is 3.56. The molecule has 5 aromatic rings. The lowest BCUT2D eigenvalue weighted by atomic mass is 9.97. The molecule has 0 unspecified atom stereocenters. The number of aromatic amines is 1. The van der Waals surface area contributed by atoms with E-state index in [1.165, 1.54) is 0 Å². The van der Waals surface area contributed by atoms with Crippen LogP contribution in [0.3, 0.4) is 0 Å². The number of benzene rings is 4.